The molecule has 1 saturated carbocycles. The topological polar surface area (TPSA) is 23.8 Å². The lowest BCUT2D eigenvalue weighted by Gasteiger charge is -2.20. The van der Waals surface area contributed by atoms with E-state index in [-0.39, 0.29) is 0 Å². The van der Waals surface area contributed by atoms with E-state index in [1.807, 2.05) is 0 Å². The van der Waals surface area contributed by atoms with Gasteiger partial charge in [-0.15, -0.1) is 0 Å². The Morgan fingerprint density at radius 1 is 1.00 bits per heavy atom. The summed E-state index contributed by atoms with van der Waals surface area (Å²) in [6.07, 6.45) is 20.7. The van der Waals surface area contributed by atoms with Gasteiger partial charge in [0.25, 0.3) is 0 Å². The Morgan fingerprint density at radius 3 is 2.40 bits per heavy atom. The molecule has 0 aromatic carbocycles. The normalized spacial score (nSPS) is 17.1. The molecule has 1 fully saturated rings. The van der Waals surface area contributed by atoms with Gasteiger partial charge in [0.2, 0.25) is 0 Å². The molecule has 0 bridgehead atoms. The van der Waals surface area contributed by atoms with E-state index in [1.54, 1.807) is 5.57 Å². The van der Waals surface area contributed by atoms with Crippen LogP contribution in [0.15, 0.2) is 11.6 Å². The molecule has 0 heterocycles. The maximum atomic E-state index is 8.70. The van der Waals surface area contributed by atoms with Gasteiger partial charge in [-0.1, -0.05) is 63.5 Å². The van der Waals surface area contributed by atoms with E-state index in [0.717, 1.165) is 25.2 Å². The predicted octanol–water partition coefficient (Wildman–Crippen LogP) is 6.55. The fraction of sp³-hybridized carbons (Fsp3) is 0.842. The molecule has 0 spiro atoms. The fourth-order valence-corrected chi connectivity index (χ4v) is 3.28. The highest BCUT2D eigenvalue weighted by molar-refractivity contribution is 5.05. The van der Waals surface area contributed by atoms with Crippen LogP contribution in [0.3, 0.4) is 0 Å². The lowest BCUT2D eigenvalue weighted by molar-refractivity contribution is 0.416. The highest BCUT2D eigenvalue weighted by atomic mass is 14.2. The van der Waals surface area contributed by atoms with Crippen LogP contribution >= 0.6 is 0 Å². The molecule has 20 heavy (non-hydrogen) atoms. The van der Waals surface area contributed by atoms with Gasteiger partial charge in [0.1, 0.15) is 0 Å². The van der Waals surface area contributed by atoms with E-state index in [2.05, 4.69) is 19.1 Å². The third kappa shape index (κ3) is 8.41. The zero-order valence-electron chi connectivity index (χ0n) is 13.5. The first kappa shape index (κ1) is 17.3. The second-order valence-electron chi connectivity index (χ2n) is 6.40. The fourth-order valence-electron chi connectivity index (χ4n) is 3.28. The van der Waals surface area contributed by atoms with Gasteiger partial charge in [-0.25, -0.2) is 0 Å². The number of unbranched alkanes of at least 4 members (excludes halogenated alkanes) is 5. The summed E-state index contributed by atoms with van der Waals surface area (Å²) in [4.78, 5) is 0. The van der Waals surface area contributed by atoms with Crippen molar-refractivity contribution >= 4 is 0 Å². The molecule has 0 aliphatic heterocycles. The molecule has 1 nitrogen and oxygen atoms in total. The van der Waals surface area contributed by atoms with Gasteiger partial charge in [0.05, 0.1) is 6.07 Å². The summed E-state index contributed by atoms with van der Waals surface area (Å²) in [6.45, 7) is 2.27. The van der Waals surface area contributed by atoms with Crippen LogP contribution in [0.1, 0.15) is 96.8 Å². The molecule has 0 unspecified atom stereocenters. The zero-order valence-corrected chi connectivity index (χ0v) is 13.5. The molecule has 0 aromatic rings. The Hall–Kier alpha value is -0.770. The second kappa shape index (κ2) is 12.0. The molecule has 1 rings (SSSR count). The molecule has 0 N–H and O–H groups in total. The average Bonchev–Trinajstić information content (AvgIpc) is 2.48. The van der Waals surface area contributed by atoms with E-state index in [0.29, 0.717) is 0 Å². The number of nitriles is 1. The quantitative estimate of drug-likeness (QED) is 0.327. The van der Waals surface area contributed by atoms with Gasteiger partial charge in [0, 0.05) is 6.42 Å². The predicted molar refractivity (Wildman–Crippen MR) is 87.5 cm³/mol. The Labute approximate surface area is 126 Å². The SMILES string of the molecule is CCCCCCCC(=CC1CCCCC1)CCCC#N. The van der Waals surface area contributed by atoms with Crippen LogP contribution in [0.4, 0.5) is 0 Å². The van der Waals surface area contributed by atoms with Crippen LogP contribution < -0.4 is 0 Å². The Kier molecular flexibility index (Phi) is 10.4. The van der Waals surface area contributed by atoms with Crippen molar-refractivity contribution in [1.82, 2.24) is 0 Å². The molecule has 0 amide bonds. The minimum Gasteiger partial charge on any atom is -0.198 e. The average molecular weight is 275 g/mol. The van der Waals surface area contributed by atoms with Crippen LogP contribution in [0, 0.1) is 17.2 Å². The molecule has 1 aliphatic carbocycles. The van der Waals surface area contributed by atoms with Crippen molar-refractivity contribution in [3.8, 4) is 6.07 Å². The summed E-state index contributed by atoms with van der Waals surface area (Å²) in [6, 6.07) is 2.28. The number of rotatable bonds is 10. The lowest BCUT2D eigenvalue weighted by Crippen LogP contribution is -2.04. The van der Waals surface area contributed by atoms with Crippen LogP contribution in [-0.2, 0) is 0 Å². The van der Waals surface area contributed by atoms with Gasteiger partial charge in [-0.2, -0.15) is 5.26 Å². The van der Waals surface area contributed by atoms with Crippen LogP contribution in [0.25, 0.3) is 0 Å². The third-order valence-corrected chi connectivity index (χ3v) is 4.51. The number of hydrogen-bond donors (Lipinski definition) is 0. The van der Waals surface area contributed by atoms with Crippen molar-refractivity contribution in [2.75, 3.05) is 0 Å². The van der Waals surface area contributed by atoms with E-state index in [1.165, 1.54) is 70.6 Å². The first-order chi connectivity index (χ1) is 9.86. The molecule has 0 radical (unpaired) electrons. The van der Waals surface area contributed by atoms with Gasteiger partial charge in [0.15, 0.2) is 0 Å². The van der Waals surface area contributed by atoms with Gasteiger partial charge in [-0.3, -0.25) is 0 Å². The van der Waals surface area contributed by atoms with E-state index in [4.69, 9.17) is 5.26 Å². The Balaban J connectivity index is 2.33. The molecule has 114 valence electrons. The van der Waals surface area contributed by atoms with Crippen molar-refractivity contribution in [1.29, 1.82) is 5.26 Å². The van der Waals surface area contributed by atoms with Crippen LogP contribution in [0.5, 0.6) is 0 Å². The second-order valence-corrected chi connectivity index (χ2v) is 6.40. The zero-order chi connectivity index (χ0) is 14.5. The first-order valence-corrected chi connectivity index (χ1v) is 8.93. The molecule has 0 saturated heterocycles. The monoisotopic (exact) mass is 275 g/mol. The van der Waals surface area contributed by atoms with E-state index >= 15 is 0 Å². The standard InChI is InChI=1S/C19H33N/c1-2-3-4-5-7-12-19(15-10-11-16-20)17-18-13-8-6-9-14-18/h17-18H,2-15H2,1H3. The van der Waals surface area contributed by atoms with E-state index in [9.17, 15) is 0 Å². The largest absolute Gasteiger partial charge is 0.198 e. The first-order valence-electron chi connectivity index (χ1n) is 8.93. The number of hydrogen-bond acceptors (Lipinski definition) is 1. The van der Waals surface area contributed by atoms with Crippen molar-refractivity contribution in [2.45, 2.75) is 96.8 Å². The maximum Gasteiger partial charge on any atom is 0.0621 e. The lowest BCUT2D eigenvalue weighted by atomic mass is 9.86. The summed E-state index contributed by atoms with van der Waals surface area (Å²) in [5.74, 6) is 0.844. The van der Waals surface area contributed by atoms with Gasteiger partial charge >= 0.3 is 0 Å². The van der Waals surface area contributed by atoms with Gasteiger partial charge < -0.3 is 0 Å². The summed E-state index contributed by atoms with van der Waals surface area (Å²) >= 11 is 0. The Bertz CT molecular complexity index is 291. The molecular formula is C19H33N. The molecular weight excluding hydrogens is 242 g/mol. The van der Waals surface area contributed by atoms with Crippen molar-refractivity contribution in [3.05, 3.63) is 11.6 Å². The van der Waals surface area contributed by atoms with Crippen molar-refractivity contribution in [3.63, 3.8) is 0 Å². The van der Waals surface area contributed by atoms with E-state index < -0.39 is 0 Å². The molecule has 1 aliphatic rings. The highest BCUT2D eigenvalue weighted by Crippen LogP contribution is 2.28. The van der Waals surface area contributed by atoms with Crippen molar-refractivity contribution < 1.29 is 0 Å². The number of allylic oxidation sites excluding steroid dienone is 2. The maximum absolute atomic E-state index is 8.70. The highest BCUT2D eigenvalue weighted by Gasteiger charge is 2.11. The summed E-state index contributed by atoms with van der Waals surface area (Å²) in [7, 11) is 0. The summed E-state index contributed by atoms with van der Waals surface area (Å²) < 4.78 is 0. The smallest absolute Gasteiger partial charge is 0.0621 e. The van der Waals surface area contributed by atoms with Crippen LogP contribution in [0.2, 0.25) is 0 Å². The van der Waals surface area contributed by atoms with Crippen LogP contribution in [-0.4, -0.2) is 0 Å². The summed E-state index contributed by atoms with van der Waals surface area (Å²) in [5.41, 5.74) is 1.66. The van der Waals surface area contributed by atoms with Gasteiger partial charge in [-0.05, 0) is 44.4 Å². The molecule has 1 heteroatoms. The minimum absolute atomic E-state index is 0.720. The summed E-state index contributed by atoms with van der Waals surface area (Å²) in [5, 5.41) is 8.70. The third-order valence-electron chi connectivity index (χ3n) is 4.51. The Morgan fingerprint density at radius 2 is 1.70 bits per heavy atom. The minimum atomic E-state index is 0.720. The molecule has 0 aromatic heterocycles. The number of nitrogens with zero attached hydrogens (tertiary/aromatic N) is 1. The molecule has 0 atom stereocenters. The van der Waals surface area contributed by atoms with Crippen molar-refractivity contribution in [2.24, 2.45) is 5.92 Å².